The maximum atomic E-state index is 12.8. The van der Waals surface area contributed by atoms with E-state index in [0.717, 1.165) is 22.4 Å². The van der Waals surface area contributed by atoms with E-state index in [1.807, 2.05) is 57.2 Å². The second-order valence-electron chi connectivity index (χ2n) is 9.46. The van der Waals surface area contributed by atoms with Gasteiger partial charge in [0.15, 0.2) is 0 Å². The van der Waals surface area contributed by atoms with Crippen LogP contribution in [0.3, 0.4) is 0 Å². The van der Waals surface area contributed by atoms with E-state index in [1.165, 1.54) is 0 Å². The zero-order valence-electron chi connectivity index (χ0n) is 18.4. The van der Waals surface area contributed by atoms with Crippen LogP contribution in [0.15, 0.2) is 36.4 Å². The molecule has 0 saturated heterocycles. The van der Waals surface area contributed by atoms with Gasteiger partial charge in [0.05, 0.1) is 11.6 Å². The Balaban J connectivity index is 1.79. The Morgan fingerprint density at radius 2 is 1.52 bits per heavy atom. The molecule has 4 nitrogen and oxygen atoms in total. The first-order chi connectivity index (χ1) is 13.5. The molecular formula is C25H30N2O2. The third kappa shape index (κ3) is 3.62. The number of nitrogens with zero attached hydrogens (tertiary/aromatic N) is 1. The molecule has 1 fully saturated rings. The Labute approximate surface area is 173 Å². The van der Waals surface area contributed by atoms with Crippen LogP contribution in [0.5, 0.6) is 5.75 Å². The van der Waals surface area contributed by atoms with Crippen LogP contribution >= 0.6 is 0 Å². The van der Waals surface area contributed by atoms with Crippen molar-refractivity contribution < 1.29 is 9.53 Å². The van der Waals surface area contributed by atoms with Crippen LogP contribution in [0.1, 0.15) is 60.3 Å². The minimum atomic E-state index is -0.237. The number of nitriles is 1. The molecule has 0 aliphatic heterocycles. The van der Waals surface area contributed by atoms with Crippen LogP contribution < -0.4 is 10.1 Å². The van der Waals surface area contributed by atoms with Gasteiger partial charge < -0.3 is 10.1 Å². The molecule has 0 radical (unpaired) electrons. The summed E-state index contributed by atoms with van der Waals surface area (Å²) in [5, 5.41) is 12.5. The molecule has 0 bridgehead atoms. The van der Waals surface area contributed by atoms with Crippen molar-refractivity contribution in [2.45, 2.75) is 60.6 Å². The zero-order chi connectivity index (χ0) is 21.6. The minimum Gasteiger partial charge on any atom is -0.489 e. The maximum Gasteiger partial charge on any atom is 0.251 e. The lowest BCUT2D eigenvalue weighted by Gasteiger charge is -2.63. The molecule has 0 atom stereocenters. The highest BCUT2D eigenvalue weighted by Gasteiger charge is 2.64. The first-order valence-electron chi connectivity index (χ1n) is 10.0. The van der Waals surface area contributed by atoms with Crippen molar-refractivity contribution in [1.29, 1.82) is 5.26 Å². The van der Waals surface area contributed by atoms with Crippen molar-refractivity contribution in [1.82, 2.24) is 5.32 Å². The quantitative estimate of drug-likeness (QED) is 0.790. The predicted octanol–water partition coefficient (Wildman–Crippen LogP) is 5.10. The fraction of sp³-hybridized carbons (Fsp3) is 0.440. The number of benzene rings is 2. The fourth-order valence-electron chi connectivity index (χ4n) is 5.02. The van der Waals surface area contributed by atoms with E-state index in [0.29, 0.717) is 11.1 Å². The third-order valence-corrected chi connectivity index (χ3v) is 6.30. The molecule has 1 aliphatic carbocycles. The van der Waals surface area contributed by atoms with Crippen LogP contribution in [0.2, 0.25) is 0 Å². The van der Waals surface area contributed by atoms with Gasteiger partial charge in [0.25, 0.3) is 5.91 Å². The summed E-state index contributed by atoms with van der Waals surface area (Å²) >= 11 is 0. The first-order valence-corrected chi connectivity index (χ1v) is 10.0. The summed E-state index contributed by atoms with van der Waals surface area (Å²) in [7, 11) is 0. The average Bonchev–Trinajstić information content (AvgIpc) is 2.64. The number of carbonyl (C=O) groups excluding carboxylic acids is 1. The number of rotatable bonds is 4. The Kier molecular flexibility index (Phi) is 5.21. The zero-order valence-corrected chi connectivity index (χ0v) is 18.4. The molecule has 0 spiro atoms. The van der Waals surface area contributed by atoms with Crippen molar-refractivity contribution in [3.8, 4) is 11.8 Å². The first kappa shape index (κ1) is 20.9. The lowest BCUT2D eigenvalue weighted by molar-refractivity contribution is -0.164. The lowest BCUT2D eigenvalue weighted by atomic mass is 9.49. The lowest BCUT2D eigenvalue weighted by Crippen LogP contribution is -2.74. The molecule has 0 aromatic heterocycles. The Bertz CT molecular complexity index is 942. The summed E-state index contributed by atoms with van der Waals surface area (Å²) in [5.41, 5.74) is 3.87. The van der Waals surface area contributed by atoms with Gasteiger partial charge >= 0.3 is 0 Å². The second kappa shape index (κ2) is 7.22. The van der Waals surface area contributed by atoms with Gasteiger partial charge in [-0.05, 0) is 56.2 Å². The molecule has 29 heavy (non-hydrogen) atoms. The number of nitrogens with one attached hydrogen (secondary N) is 1. The fourth-order valence-corrected chi connectivity index (χ4v) is 5.02. The van der Waals surface area contributed by atoms with Gasteiger partial charge in [0.1, 0.15) is 11.9 Å². The van der Waals surface area contributed by atoms with E-state index in [9.17, 15) is 10.1 Å². The highest BCUT2D eigenvalue weighted by molar-refractivity contribution is 5.94. The van der Waals surface area contributed by atoms with Crippen molar-refractivity contribution in [3.63, 3.8) is 0 Å². The summed E-state index contributed by atoms with van der Waals surface area (Å²) in [6, 6.07) is 13.7. The molecule has 3 rings (SSSR count). The molecule has 152 valence electrons. The van der Waals surface area contributed by atoms with Crippen molar-refractivity contribution in [3.05, 3.63) is 64.2 Å². The summed E-state index contributed by atoms with van der Waals surface area (Å²) in [6.45, 7) is 14.4. The van der Waals surface area contributed by atoms with Gasteiger partial charge in [-0.3, -0.25) is 4.79 Å². The van der Waals surface area contributed by atoms with Gasteiger partial charge in [-0.2, -0.15) is 5.26 Å². The van der Waals surface area contributed by atoms with Crippen molar-refractivity contribution in [2.75, 3.05) is 0 Å². The van der Waals surface area contributed by atoms with Crippen LogP contribution in [-0.4, -0.2) is 18.1 Å². The average molecular weight is 391 g/mol. The van der Waals surface area contributed by atoms with E-state index < -0.39 is 0 Å². The van der Waals surface area contributed by atoms with Crippen LogP contribution in [-0.2, 0) is 0 Å². The predicted molar refractivity (Wildman–Crippen MR) is 115 cm³/mol. The van der Waals surface area contributed by atoms with E-state index in [2.05, 4.69) is 39.1 Å². The molecule has 2 aromatic rings. The number of hydrogen-bond donors (Lipinski definition) is 1. The number of hydrogen-bond acceptors (Lipinski definition) is 3. The smallest absolute Gasteiger partial charge is 0.251 e. The molecule has 1 N–H and O–H groups in total. The Hall–Kier alpha value is -2.80. The number of aryl methyl sites for hydroxylation is 3. The molecule has 2 aromatic carbocycles. The molecule has 1 amide bonds. The topological polar surface area (TPSA) is 62.1 Å². The number of carbonyl (C=O) groups is 1. The molecular weight excluding hydrogens is 360 g/mol. The molecule has 1 saturated carbocycles. The highest BCUT2D eigenvalue weighted by Crippen LogP contribution is 2.55. The van der Waals surface area contributed by atoms with Crippen molar-refractivity contribution >= 4 is 5.91 Å². The van der Waals surface area contributed by atoms with Crippen LogP contribution in [0.25, 0.3) is 0 Å². The molecule has 0 unspecified atom stereocenters. The molecule has 4 heteroatoms. The number of ether oxygens (including phenoxy) is 1. The second-order valence-corrected chi connectivity index (χ2v) is 9.46. The summed E-state index contributed by atoms with van der Waals surface area (Å²) in [6.07, 6.45) is -0.0648. The van der Waals surface area contributed by atoms with Gasteiger partial charge in [0.2, 0.25) is 0 Å². The van der Waals surface area contributed by atoms with Crippen LogP contribution in [0.4, 0.5) is 0 Å². The Morgan fingerprint density at radius 1 is 1.00 bits per heavy atom. The van der Waals surface area contributed by atoms with Crippen molar-refractivity contribution in [2.24, 2.45) is 10.8 Å². The summed E-state index contributed by atoms with van der Waals surface area (Å²) in [5.74, 6) is 0.716. The minimum absolute atomic E-state index is 0.0191. The molecule has 1 aliphatic rings. The molecule has 0 heterocycles. The Morgan fingerprint density at radius 3 is 2.00 bits per heavy atom. The van der Waals surface area contributed by atoms with E-state index in [-0.39, 0.29) is 28.9 Å². The van der Waals surface area contributed by atoms with Crippen LogP contribution in [0, 0.1) is 42.9 Å². The van der Waals surface area contributed by atoms with E-state index >= 15 is 0 Å². The monoisotopic (exact) mass is 390 g/mol. The SMILES string of the molecule is Cc1ccc(C(=O)NC2C(C)(C)C(Oc3cc(C)c(C#N)c(C)c3)C2(C)C)cc1. The van der Waals surface area contributed by atoms with Gasteiger partial charge in [-0.1, -0.05) is 45.4 Å². The van der Waals surface area contributed by atoms with Gasteiger partial charge in [0, 0.05) is 22.4 Å². The van der Waals surface area contributed by atoms with E-state index in [1.54, 1.807) is 0 Å². The highest BCUT2D eigenvalue weighted by atomic mass is 16.5. The summed E-state index contributed by atoms with van der Waals surface area (Å²) in [4.78, 5) is 12.8. The maximum absolute atomic E-state index is 12.8. The van der Waals surface area contributed by atoms with E-state index in [4.69, 9.17) is 4.74 Å². The standard InChI is InChI=1S/C25H30N2O2/c1-15-8-10-18(11-9-15)21(28)27-22-24(4,5)23(25(22,6)7)29-19-12-16(2)20(14-26)17(3)13-19/h8-13,22-23H,1-7H3,(H,27,28). The third-order valence-electron chi connectivity index (χ3n) is 6.30. The largest absolute Gasteiger partial charge is 0.489 e. The van der Waals surface area contributed by atoms with Gasteiger partial charge in [-0.25, -0.2) is 0 Å². The van der Waals surface area contributed by atoms with Gasteiger partial charge in [-0.15, -0.1) is 0 Å². The summed E-state index contributed by atoms with van der Waals surface area (Å²) < 4.78 is 6.41. The normalized spacial score (nSPS) is 21.6. The number of amides is 1.